The van der Waals surface area contributed by atoms with Crippen LogP contribution in [-0.4, -0.2) is 28.1 Å². The van der Waals surface area contributed by atoms with Crippen molar-refractivity contribution < 1.29 is 22.7 Å². The minimum absolute atomic E-state index is 0.135. The van der Waals surface area contributed by atoms with Crippen molar-refractivity contribution in [3.8, 4) is 0 Å². The van der Waals surface area contributed by atoms with Crippen LogP contribution in [0.15, 0.2) is 12.4 Å². The second kappa shape index (κ2) is 5.89. The predicted octanol–water partition coefficient (Wildman–Crippen LogP) is 3.56. The molecule has 0 aliphatic heterocycles. The normalized spacial score (nSPS) is 29.3. The van der Waals surface area contributed by atoms with Gasteiger partial charge in [0.25, 0.3) is 0 Å². The van der Waals surface area contributed by atoms with Gasteiger partial charge in [0.1, 0.15) is 5.82 Å². The van der Waals surface area contributed by atoms with E-state index in [0.717, 1.165) is 6.20 Å². The molecule has 0 spiro atoms. The average molecular weight is 343 g/mol. The molecular weight excluding hydrogens is 323 g/mol. The highest BCUT2D eigenvalue weighted by atomic mass is 19.4. The molecule has 5 nitrogen and oxygen atoms in total. The summed E-state index contributed by atoms with van der Waals surface area (Å²) in [7, 11) is 0. The second-order valence-corrected chi connectivity index (χ2v) is 6.69. The number of nitrogens with one attached hydrogen (secondary N) is 1. The Labute approximate surface area is 138 Å². The molecule has 1 aromatic heterocycles. The number of hydrogen-bond donors (Lipinski definition) is 1. The Balaban J connectivity index is 1.72. The molecule has 0 saturated heterocycles. The number of fused-ring (bicyclic) bond motifs is 3. The van der Waals surface area contributed by atoms with Gasteiger partial charge in [0.05, 0.1) is 24.4 Å². The maximum atomic E-state index is 12.8. The van der Waals surface area contributed by atoms with E-state index in [0.29, 0.717) is 45.1 Å². The fraction of sp³-hybridized carbons (Fsp3) is 0.688. The zero-order valence-corrected chi connectivity index (χ0v) is 13.4. The molecule has 1 N–H and O–H groups in total. The van der Waals surface area contributed by atoms with E-state index >= 15 is 0 Å². The molecule has 24 heavy (non-hydrogen) atoms. The Hall–Kier alpha value is -1.86. The number of carbonyl (C=O) groups excluding carboxylic acids is 1. The van der Waals surface area contributed by atoms with Gasteiger partial charge in [0, 0.05) is 5.54 Å². The van der Waals surface area contributed by atoms with Crippen LogP contribution in [-0.2, 0) is 15.7 Å². The minimum Gasteiger partial charge on any atom is -0.466 e. The fourth-order valence-electron chi connectivity index (χ4n) is 3.80. The van der Waals surface area contributed by atoms with E-state index in [-0.39, 0.29) is 17.3 Å². The lowest BCUT2D eigenvalue weighted by atomic mass is 9.57. The van der Waals surface area contributed by atoms with Gasteiger partial charge < -0.3 is 10.1 Å². The van der Waals surface area contributed by atoms with Crippen LogP contribution in [0.3, 0.4) is 0 Å². The molecule has 0 atom stereocenters. The lowest BCUT2D eigenvalue weighted by Gasteiger charge is -2.52. The Kier molecular flexibility index (Phi) is 4.17. The summed E-state index contributed by atoms with van der Waals surface area (Å²) in [5, 5.41) is 3.16. The van der Waals surface area contributed by atoms with Crippen molar-refractivity contribution in [2.24, 2.45) is 5.41 Å². The van der Waals surface area contributed by atoms with Gasteiger partial charge in [-0.3, -0.25) is 9.78 Å². The van der Waals surface area contributed by atoms with E-state index in [1.807, 2.05) is 0 Å². The van der Waals surface area contributed by atoms with Gasteiger partial charge in [-0.05, 0) is 45.4 Å². The number of rotatable bonds is 4. The van der Waals surface area contributed by atoms with E-state index in [1.54, 1.807) is 6.92 Å². The van der Waals surface area contributed by atoms with Crippen LogP contribution in [0.2, 0.25) is 0 Å². The quantitative estimate of drug-likeness (QED) is 0.847. The number of esters is 1. The first-order valence-electron chi connectivity index (χ1n) is 8.13. The van der Waals surface area contributed by atoms with E-state index in [4.69, 9.17) is 4.74 Å². The van der Waals surface area contributed by atoms with Crippen LogP contribution in [0.4, 0.5) is 19.0 Å². The zero-order chi connectivity index (χ0) is 17.4. The molecular formula is C16H20F3N3O2. The Morgan fingerprint density at radius 3 is 2.38 bits per heavy atom. The molecule has 8 heteroatoms. The van der Waals surface area contributed by atoms with Crippen molar-refractivity contribution in [3.63, 3.8) is 0 Å². The van der Waals surface area contributed by atoms with Crippen LogP contribution < -0.4 is 5.32 Å². The number of halogens is 3. The number of hydrogen-bond acceptors (Lipinski definition) is 5. The molecule has 0 amide bonds. The lowest BCUT2D eigenvalue weighted by molar-refractivity contribution is -0.162. The lowest BCUT2D eigenvalue weighted by Crippen LogP contribution is -2.53. The highest BCUT2D eigenvalue weighted by molar-refractivity contribution is 5.77. The summed E-state index contributed by atoms with van der Waals surface area (Å²) in [5.41, 5.74) is -1.73. The van der Waals surface area contributed by atoms with Crippen LogP contribution in [0.5, 0.6) is 0 Å². The van der Waals surface area contributed by atoms with Crippen molar-refractivity contribution in [1.82, 2.24) is 9.97 Å². The maximum absolute atomic E-state index is 12.8. The van der Waals surface area contributed by atoms with Crippen LogP contribution in [0.1, 0.15) is 51.1 Å². The summed E-state index contributed by atoms with van der Waals surface area (Å²) >= 11 is 0. The van der Waals surface area contributed by atoms with Crippen molar-refractivity contribution in [3.05, 3.63) is 18.1 Å². The van der Waals surface area contributed by atoms with Gasteiger partial charge in [-0.25, -0.2) is 4.98 Å². The highest BCUT2D eigenvalue weighted by Crippen LogP contribution is 2.53. The molecule has 0 unspecified atom stereocenters. The Bertz CT molecular complexity index is 609. The van der Waals surface area contributed by atoms with Gasteiger partial charge in [0.15, 0.2) is 5.69 Å². The standard InChI is InChI=1S/C16H20F3N3O2/c1-2-24-13(23)14-3-6-15(7-4-14,8-5-14)22-12-10-20-9-11(21-12)16(17,18)19/h9-10H,2-8H2,1H3,(H,21,22). The first kappa shape index (κ1) is 17.0. The van der Waals surface area contributed by atoms with Crippen LogP contribution in [0, 0.1) is 5.41 Å². The number of ether oxygens (including phenoxy) is 1. The molecule has 3 saturated carbocycles. The number of aromatic nitrogens is 2. The summed E-state index contributed by atoms with van der Waals surface area (Å²) in [6, 6.07) is 0. The minimum atomic E-state index is -4.51. The molecule has 0 aromatic carbocycles. The summed E-state index contributed by atoms with van der Waals surface area (Å²) in [4.78, 5) is 19.5. The number of anilines is 1. The molecule has 3 aliphatic rings. The SMILES string of the molecule is CCOC(=O)C12CCC(Nc3cncc(C(F)(F)F)n3)(CC1)CC2. The van der Waals surface area contributed by atoms with Gasteiger partial charge in [-0.15, -0.1) is 0 Å². The molecule has 3 fully saturated rings. The molecule has 2 bridgehead atoms. The van der Waals surface area contributed by atoms with Crippen LogP contribution in [0.25, 0.3) is 0 Å². The van der Waals surface area contributed by atoms with Crippen molar-refractivity contribution in [2.45, 2.75) is 57.2 Å². The van der Waals surface area contributed by atoms with Crippen molar-refractivity contribution >= 4 is 11.8 Å². The Morgan fingerprint density at radius 2 is 1.83 bits per heavy atom. The smallest absolute Gasteiger partial charge is 0.434 e. The summed E-state index contributed by atoms with van der Waals surface area (Å²) in [6.07, 6.45) is 1.71. The molecule has 3 aliphatic carbocycles. The summed E-state index contributed by atoms with van der Waals surface area (Å²) < 4.78 is 43.5. The maximum Gasteiger partial charge on any atom is 0.434 e. The molecule has 0 radical (unpaired) electrons. The van der Waals surface area contributed by atoms with Gasteiger partial charge in [-0.2, -0.15) is 13.2 Å². The predicted molar refractivity (Wildman–Crippen MR) is 80.2 cm³/mol. The topological polar surface area (TPSA) is 64.1 Å². The average Bonchev–Trinajstić information content (AvgIpc) is 2.56. The molecule has 132 valence electrons. The largest absolute Gasteiger partial charge is 0.466 e. The molecule has 4 rings (SSSR count). The van der Waals surface area contributed by atoms with Crippen molar-refractivity contribution in [1.29, 1.82) is 0 Å². The monoisotopic (exact) mass is 343 g/mol. The number of nitrogens with zero attached hydrogens (tertiary/aromatic N) is 2. The summed E-state index contributed by atoms with van der Waals surface area (Å²) in [5.74, 6) is -0.00693. The molecule has 1 heterocycles. The van der Waals surface area contributed by atoms with E-state index in [9.17, 15) is 18.0 Å². The van der Waals surface area contributed by atoms with Crippen LogP contribution >= 0.6 is 0 Å². The number of alkyl halides is 3. The van der Waals surface area contributed by atoms with Gasteiger partial charge >= 0.3 is 12.1 Å². The van der Waals surface area contributed by atoms with Gasteiger partial charge in [0.2, 0.25) is 0 Å². The fourth-order valence-corrected chi connectivity index (χ4v) is 3.80. The van der Waals surface area contributed by atoms with E-state index < -0.39 is 17.3 Å². The molecule has 1 aromatic rings. The third-order valence-corrected chi connectivity index (χ3v) is 5.27. The number of carbonyl (C=O) groups is 1. The second-order valence-electron chi connectivity index (χ2n) is 6.69. The highest BCUT2D eigenvalue weighted by Gasteiger charge is 2.53. The third kappa shape index (κ3) is 3.06. The first-order valence-corrected chi connectivity index (χ1v) is 8.13. The zero-order valence-electron chi connectivity index (χ0n) is 13.4. The van der Waals surface area contributed by atoms with E-state index in [1.165, 1.54) is 6.20 Å². The van der Waals surface area contributed by atoms with Crippen molar-refractivity contribution in [2.75, 3.05) is 11.9 Å². The Morgan fingerprint density at radius 1 is 1.21 bits per heavy atom. The summed E-state index contributed by atoms with van der Waals surface area (Å²) in [6.45, 7) is 2.15. The van der Waals surface area contributed by atoms with E-state index in [2.05, 4.69) is 15.3 Å². The first-order chi connectivity index (χ1) is 11.3. The van der Waals surface area contributed by atoms with Gasteiger partial charge in [-0.1, -0.05) is 0 Å². The third-order valence-electron chi connectivity index (χ3n) is 5.27.